The molecule has 1 aliphatic heterocycles. The van der Waals surface area contributed by atoms with Crippen LogP contribution in [0.2, 0.25) is 0 Å². The average Bonchev–Trinajstić information content (AvgIpc) is 2.87. The van der Waals surface area contributed by atoms with E-state index in [0.717, 1.165) is 30.5 Å². The standard InChI is InChI=1S/C28H34N4O6/c1-18-6-8-19(9-7-18)22(17-25(33)34)29-27(36)21-10-11-24(23(16-21)30-26(35)20-4-3-5-20)31-12-14-32(15-13-31)28(37)38-2/h6-11,16,20,22H,3-5,12-15,17H2,1-2H3,(H,29,36)(H,30,35)(H,33,34). The number of piperazine rings is 1. The van der Waals surface area contributed by atoms with Crippen molar-refractivity contribution in [1.82, 2.24) is 10.2 Å². The van der Waals surface area contributed by atoms with Gasteiger partial charge in [0, 0.05) is 37.7 Å². The van der Waals surface area contributed by atoms with Gasteiger partial charge in [0.2, 0.25) is 5.91 Å². The van der Waals surface area contributed by atoms with Gasteiger partial charge in [-0.15, -0.1) is 0 Å². The highest BCUT2D eigenvalue weighted by atomic mass is 16.5. The zero-order valence-electron chi connectivity index (χ0n) is 21.7. The number of ether oxygens (including phenoxy) is 1. The predicted octanol–water partition coefficient (Wildman–Crippen LogP) is 3.57. The molecule has 0 bridgehead atoms. The van der Waals surface area contributed by atoms with Crippen molar-refractivity contribution in [2.24, 2.45) is 5.92 Å². The first-order valence-corrected chi connectivity index (χ1v) is 12.9. The number of carbonyl (C=O) groups is 4. The lowest BCUT2D eigenvalue weighted by Gasteiger charge is -2.36. The molecule has 4 rings (SSSR count). The highest BCUT2D eigenvalue weighted by molar-refractivity contribution is 6.01. The van der Waals surface area contributed by atoms with Crippen LogP contribution < -0.4 is 15.5 Å². The first-order chi connectivity index (χ1) is 18.2. The molecule has 2 aliphatic rings. The van der Waals surface area contributed by atoms with Crippen molar-refractivity contribution in [3.8, 4) is 0 Å². The van der Waals surface area contributed by atoms with E-state index in [-0.39, 0.29) is 24.3 Å². The molecule has 2 aromatic rings. The lowest BCUT2D eigenvalue weighted by molar-refractivity contribution is -0.137. The van der Waals surface area contributed by atoms with Crippen LogP contribution in [-0.2, 0) is 14.3 Å². The van der Waals surface area contributed by atoms with Crippen molar-refractivity contribution in [1.29, 1.82) is 0 Å². The summed E-state index contributed by atoms with van der Waals surface area (Å²) in [5.41, 5.74) is 3.33. The molecule has 202 valence electrons. The van der Waals surface area contributed by atoms with Crippen LogP contribution in [0.5, 0.6) is 0 Å². The molecule has 1 saturated heterocycles. The second-order valence-corrected chi connectivity index (χ2v) is 9.83. The molecule has 0 aromatic heterocycles. The van der Waals surface area contributed by atoms with Crippen LogP contribution in [0.15, 0.2) is 42.5 Å². The van der Waals surface area contributed by atoms with E-state index < -0.39 is 17.9 Å². The molecule has 1 atom stereocenters. The van der Waals surface area contributed by atoms with Gasteiger partial charge in [-0.3, -0.25) is 14.4 Å². The predicted molar refractivity (Wildman–Crippen MR) is 142 cm³/mol. The summed E-state index contributed by atoms with van der Waals surface area (Å²) in [7, 11) is 1.35. The van der Waals surface area contributed by atoms with Crippen LogP contribution in [0, 0.1) is 12.8 Å². The Hall–Kier alpha value is -4.08. The maximum Gasteiger partial charge on any atom is 0.409 e. The number of hydrogen-bond donors (Lipinski definition) is 3. The van der Waals surface area contributed by atoms with Gasteiger partial charge < -0.3 is 30.3 Å². The summed E-state index contributed by atoms with van der Waals surface area (Å²) in [4.78, 5) is 53.2. The van der Waals surface area contributed by atoms with Gasteiger partial charge in [-0.25, -0.2) is 4.79 Å². The Bertz CT molecular complexity index is 1190. The molecule has 3 amide bonds. The molecule has 0 radical (unpaired) electrons. The zero-order valence-corrected chi connectivity index (χ0v) is 21.7. The summed E-state index contributed by atoms with van der Waals surface area (Å²) in [6, 6.07) is 11.8. The zero-order chi connectivity index (χ0) is 27.2. The number of carboxylic acids is 1. The van der Waals surface area contributed by atoms with Gasteiger partial charge >= 0.3 is 12.1 Å². The van der Waals surface area contributed by atoms with Crippen LogP contribution in [-0.4, -0.2) is 67.2 Å². The van der Waals surface area contributed by atoms with Crippen molar-refractivity contribution >= 4 is 35.3 Å². The van der Waals surface area contributed by atoms with E-state index in [1.54, 1.807) is 23.1 Å². The summed E-state index contributed by atoms with van der Waals surface area (Å²) in [6.45, 7) is 3.96. The normalized spacial score (nSPS) is 16.3. The molecule has 1 heterocycles. The van der Waals surface area contributed by atoms with E-state index in [4.69, 9.17) is 4.74 Å². The number of methoxy groups -OCH3 is 1. The van der Waals surface area contributed by atoms with E-state index in [1.165, 1.54) is 7.11 Å². The fraction of sp³-hybridized carbons (Fsp3) is 0.429. The number of carbonyl (C=O) groups excluding carboxylic acids is 3. The third-order valence-electron chi connectivity index (χ3n) is 7.21. The first-order valence-electron chi connectivity index (χ1n) is 12.9. The number of carboxylic acid groups (broad SMARTS) is 1. The number of hydrogen-bond acceptors (Lipinski definition) is 6. The number of aryl methyl sites for hydroxylation is 1. The van der Waals surface area contributed by atoms with E-state index in [1.807, 2.05) is 31.2 Å². The van der Waals surface area contributed by atoms with Crippen molar-refractivity contribution in [3.05, 3.63) is 59.2 Å². The van der Waals surface area contributed by atoms with Gasteiger partial charge in [0.1, 0.15) is 0 Å². The van der Waals surface area contributed by atoms with Gasteiger partial charge in [0.15, 0.2) is 0 Å². The van der Waals surface area contributed by atoms with E-state index in [2.05, 4.69) is 15.5 Å². The third-order valence-corrected chi connectivity index (χ3v) is 7.21. The highest BCUT2D eigenvalue weighted by Crippen LogP contribution is 2.32. The number of anilines is 2. The summed E-state index contributed by atoms with van der Waals surface area (Å²) in [6.07, 6.45) is 2.06. The molecule has 0 spiro atoms. The molecule has 3 N–H and O–H groups in total. The molecule has 1 saturated carbocycles. The Labute approximate surface area is 221 Å². The summed E-state index contributed by atoms with van der Waals surface area (Å²) in [5.74, 6) is -1.58. The number of nitrogens with one attached hydrogen (secondary N) is 2. The molecule has 38 heavy (non-hydrogen) atoms. The average molecular weight is 523 g/mol. The van der Waals surface area contributed by atoms with Crippen molar-refractivity contribution in [2.45, 2.75) is 38.6 Å². The molecular weight excluding hydrogens is 488 g/mol. The molecule has 1 aliphatic carbocycles. The molecule has 10 heteroatoms. The number of nitrogens with zero attached hydrogens (tertiary/aromatic N) is 2. The summed E-state index contributed by atoms with van der Waals surface area (Å²) >= 11 is 0. The SMILES string of the molecule is COC(=O)N1CCN(c2ccc(C(=O)NC(CC(=O)O)c3ccc(C)cc3)cc2NC(=O)C2CCC2)CC1. The van der Waals surface area contributed by atoms with Gasteiger partial charge in [-0.2, -0.15) is 0 Å². The van der Waals surface area contributed by atoms with Crippen molar-refractivity contribution in [2.75, 3.05) is 43.5 Å². The summed E-state index contributed by atoms with van der Waals surface area (Å²) in [5, 5.41) is 15.3. The first kappa shape index (κ1) is 27.0. The number of benzene rings is 2. The molecule has 2 aromatic carbocycles. The largest absolute Gasteiger partial charge is 0.481 e. The Morgan fingerprint density at radius 2 is 1.71 bits per heavy atom. The topological polar surface area (TPSA) is 128 Å². The van der Waals surface area contributed by atoms with Crippen LogP contribution in [0.4, 0.5) is 16.2 Å². The Balaban J connectivity index is 1.56. The quantitative estimate of drug-likeness (QED) is 0.484. The molecule has 2 fully saturated rings. The van der Waals surface area contributed by atoms with E-state index in [0.29, 0.717) is 43.0 Å². The Morgan fingerprint density at radius 1 is 1.03 bits per heavy atom. The lowest BCUT2D eigenvalue weighted by Crippen LogP contribution is -2.49. The maximum absolute atomic E-state index is 13.3. The Kier molecular flexibility index (Phi) is 8.50. The van der Waals surface area contributed by atoms with E-state index >= 15 is 0 Å². The van der Waals surface area contributed by atoms with Crippen LogP contribution in [0.25, 0.3) is 0 Å². The Morgan fingerprint density at radius 3 is 2.29 bits per heavy atom. The van der Waals surface area contributed by atoms with Crippen molar-refractivity contribution in [3.63, 3.8) is 0 Å². The van der Waals surface area contributed by atoms with Gasteiger partial charge in [-0.05, 0) is 43.5 Å². The molecule has 10 nitrogen and oxygen atoms in total. The lowest BCUT2D eigenvalue weighted by atomic mass is 9.85. The van der Waals surface area contributed by atoms with Crippen LogP contribution in [0.3, 0.4) is 0 Å². The highest BCUT2D eigenvalue weighted by Gasteiger charge is 2.28. The number of amides is 3. The number of aliphatic carboxylic acids is 1. The monoisotopic (exact) mass is 522 g/mol. The molecular formula is C28H34N4O6. The van der Waals surface area contributed by atoms with Gasteiger partial charge in [0.25, 0.3) is 5.91 Å². The maximum atomic E-state index is 13.3. The second-order valence-electron chi connectivity index (χ2n) is 9.83. The minimum atomic E-state index is -1.02. The molecule has 1 unspecified atom stereocenters. The van der Waals surface area contributed by atoms with Gasteiger partial charge in [-0.1, -0.05) is 36.2 Å². The van der Waals surface area contributed by atoms with Crippen LogP contribution >= 0.6 is 0 Å². The fourth-order valence-electron chi connectivity index (χ4n) is 4.68. The second kappa shape index (κ2) is 12.0. The smallest absolute Gasteiger partial charge is 0.409 e. The summed E-state index contributed by atoms with van der Waals surface area (Å²) < 4.78 is 4.82. The van der Waals surface area contributed by atoms with Gasteiger partial charge in [0.05, 0.1) is 30.9 Å². The minimum absolute atomic E-state index is 0.0435. The fourth-order valence-corrected chi connectivity index (χ4v) is 4.68. The number of rotatable bonds is 8. The van der Waals surface area contributed by atoms with Crippen LogP contribution in [0.1, 0.15) is 53.2 Å². The van der Waals surface area contributed by atoms with Crippen molar-refractivity contribution < 1.29 is 29.0 Å². The van der Waals surface area contributed by atoms with E-state index in [9.17, 15) is 24.3 Å². The third kappa shape index (κ3) is 6.42. The minimum Gasteiger partial charge on any atom is -0.481 e.